The van der Waals surface area contributed by atoms with Gasteiger partial charge in [-0.3, -0.25) is 9.59 Å². The fourth-order valence-electron chi connectivity index (χ4n) is 4.73. The largest absolute Gasteiger partial charge is 0.477 e. The Morgan fingerprint density at radius 2 is 1.10 bits per heavy atom. The second kappa shape index (κ2) is 13.6. The van der Waals surface area contributed by atoms with Crippen LogP contribution in [0.25, 0.3) is 0 Å². The van der Waals surface area contributed by atoms with Gasteiger partial charge in [-0.1, -0.05) is 0 Å². The van der Waals surface area contributed by atoms with Crippen molar-refractivity contribution in [3.8, 4) is 0 Å². The highest BCUT2D eigenvalue weighted by atomic mass is 16.7. The molecule has 2 aliphatic rings. The molecule has 0 aromatic carbocycles. The lowest BCUT2D eigenvalue weighted by Gasteiger charge is -2.46. The monoisotopic (exact) mass is 600 g/mol. The second-order valence-electron chi connectivity index (χ2n) is 9.90. The molecule has 19 heteroatoms. The molecule has 2 fully saturated rings. The molecule has 0 saturated carbocycles. The number of aliphatic hydroxyl groups is 8. The van der Waals surface area contributed by atoms with Gasteiger partial charge in [0.25, 0.3) is 11.6 Å². The van der Waals surface area contributed by atoms with Crippen molar-refractivity contribution in [2.24, 2.45) is 0 Å². The van der Waals surface area contributed by atoms with E-state index in [0.717, 1.165) is 13.8 Å². The van der Waals surface area contributed by atoms with Crippen molar-refractivity contribution < 1.29 is 84.5 Å². The average molecular weight is 601 g/mol. The molecule has 0 bridgehead atoms. The van der Waals surface area contributed by atoms with Gasteiger partial charge in [0.1, 0.15) is 36.6 Å². The number of carbonyl (C=O) groups is 4. The summed E-state index contributed by atoms with van der Waals surface area (Å²) in [5.74, 6) is -11.5. The first-order chi connectivity index (χ1) is 18.9. The first-order valence-corrected chi connectivity index (χ1v) is 12.3. The normalized spacial score (nSPS) is 36.8. The minimum Gasteiger partial charge on any atom is -0.477 e. The molecule has 236 valence electrons. The number of rotatable bonds is 12. The van der Waals surface area contributed by atoms with Crippen molar-refractivity contribution in [3.63, 3.8) is 0 Å². The van der Waals surface area contributed by atoms with E-state index in [1.165, 1.54) is 0 Å². The number of nitrogens with one attached hydrogen (secondary N) is 2. The van der Waals surface area contributed by atoms with E-state index >= 15 is 0 Å². The molecule has 2 amide bonds. The average Bonchev–Trinajstić information content (AvgIpc) is 2.86. The zero-order valence-corrected chi connectivity index (χ0v) is 21.9. The Morgan fingerprint density at radius 3 is 1.34 bits per heavy atom. The van der Waals surface area contributed by atoms with Crippen LogP contribution in [0.4, 0.5) is 0 Å². The van der Waals surface area contributed by atoms with Gasteiger partial charge in [-0.05, 0) is 0 Å². The molecule has 41 heavy (non-hydrogen) atoms. The van der Waals surface area contributed by atoms with E-state index in [2.05, 4.69) is 10.6 Å². The number of carbonyl (C=O) groups excluding carboxylic acids is 2. The highest BCUT2D eigenvalue weighted by molar-refractivity contribution is 5.77. The number of carboxylic acids is 2. The molecule has 0 aliphatic carbocycles. The number of hydrogen-bond donors (Lipinski definition) is 12. The van der Waals surface area contributed by atoms with Gasteiger partial charge in [0.2, 0.25) is 11.8 Å². The van der Waals surface area contributed by atoms with Gasteiger partial charge in [-0.25, -0.2) is 9.59 Å². The van der Waals surface area contributed by atoms with E-state index in [1.807, 2.05) is 0 Å². The van der Waals surface area contributed by atoms with Gasteiger partial charge >= 0.3 is 11.9 Å². The number of amides is 2. The van der Waals surface area contributed by atoms with Crippen LogP contribution in [0.3, 0.4) is 0 Å². The van der Waals surface area contributed by atoms with Crippen LogP contribution in [0, 0.1) is 0 Å². The Balaban J connectivity index is 2.38. The van der Waals surface area contributed by atoms with Crippen LogP contribution in [0.1, 0.15) is 26.7 Å². The highest BCUT2D eigenvalue weighted by Crippen LogP contribution is 2.33. The zero-order valence-electron chi connectivity index (χ0n) is 21.9. The summed E-state index contributed by atoms with van der Waals surface area (Å²) < 4.78 is 15.6. The minimum atomic E-state index is -3.05. The fourth-order valence-corrected chi connectivity index (χ4v) is 4.73. The molecule has 19 nitrogen and oxygen atoms in total. The van der Waals surface area contributed by atoms with Gasteiger partial charge in [-0.15, -0.1) is 0 Å². The number of aliphatic carboxylic acids is 2. The molecule has 2 heterocycles. The Labute approximate surface area is 231 Å². The Hall–Kier alpha value is -2.56. The topological polar surface area (TPSA) is 322 Å². The molecular weight excluding hydrogens is 564 g/mol. The number of carboxylic acid groups (broad SMARTS) is 2. The van der Waals surface area contributed by atoms with Crippen LogP contribution in [-0.4, -0.2) is 161 Å². The second-order valence-corrected chi connectivity index (χ2v) is 9.90. The van der Waals surface area contributed by atoms with E-state index in [4.69, 9.17) is 14.2 Å². The summed E-state index contributed by atoms with van der Waals surface area (Å²) in [6.07, 6.45) is -17.6. The van der Waals surface area contributed by atoms with E-state index in [0.29, 0.717) is 0 Å². The fraction of sp³-hybridized carbons (Fsp3) is 0.818. The van der Waals surface area contributed by atoms with Crippen molar-refractivity contribution in [1.29, 1.82) is 0 Å². The Kier molecular flexibility index (Phi) is 11.5. The summed E-state index contributed by atoms with van der Waals surface area (Å²) in [5, 5.41) is 106. The lowest BCUT2D eigenvalue weighted by molar-refractivity contribution is -0.307. The quantitative estimate of drug-likeness (QED) is 0.0990. The summed E-state index contributed by atoms with van der Waals surface area (Å²) in [6.45, 7) is -0.231. The Bertz CT molecular complexity index is 894. The summed E-state index contributed by atoms with van der Waals surface area (Å²) in [6, 6.07) is -3.10. The van der Waals surface area contributed by atoms with Gasteiger partial charge in [-0.2, -0.15) is 0 Å². The third kappa shape index (κ3) is 7.84. The molecule has 0 aromatic heterocycles. The molecule has 1 unspecified atom stereocenters. The molecule has 0 spiro atoms. The standard InChI is InChI=1S/C22H36N2O17/c1-7(27)23-13-9(29)3-21(37,19(33)34)40-17(13)15(31)11(5-25)39-12(6-26)16(32)18-14(24-8(2)28)10(30)4-22(38,41-18)20(35)36/h9-18,25-26,29-32,37-38H,3-6H2,1-2H3,(H,23,27)(H,24,28)(H,33,34)(H,35,36)/t9-,10-,11+,12+,13+,14+,15+,16+,17+,18+,21+,22?/m0/s1. The molecule has 0 aromatic rings. The minimum absolute atomic E-state index is 0.760. The van der Waals surface area contributed by atoms with Crippen LogP contribution in [0.5, 0.6) is 0 Å². The molecule has 2 saturated heterocycles. The SMILES string of the molecule is CC(=O)N[C@H]1[C@H]([C@H](O)[C@@H](CO)O[C@H](CO)[C@@H](O)[C@@H]2O[C@@](O)(C(=O)O)C[C@H](O)[C@H]2NC(C)=O)OC(O)(C(=O)O)C[C@@H]1O. The number of hydrogen-bond acceptors (Lipinski definition) is 15. The number of ether oxygens (including phenoxy) is 3. The van der Waals surface area contributed by atoms with Crippen molar-refractivity contribution in [2.75, 3.05) is 13.2 Å². The van der Waals surface area contributed by atoms with E-state index in [9.17, 15) is 70.2 Å². The van der Waals surface area contributed by atoms with Crippen molar-refractivity contribution in [3.05, 3.63) is 0 Å². The summed E-state index contributed by atoms with van der Waals surface area (Å²) >= 11 is 0. The molecular formula is C22H36N2O17. The first kappa shape index (κ1) is 34.6. The van der Waals surface area contributed by atoms with Crippen molar-refractivity contribution in [1.82, 2.24) is 10.6 Å². The van der Waals surface area contributed by atoms with Crippen LogP contribution < -0.4 is 10.6 Å². The lowest BCUT2D eigenvalue weighted by Crippen LogP contribution is -2.68. The Morgan fingerprint density at radius 1 is 0.780 bits per heavy atom. The van der Waals surface area contributed by atoms with Crippen molar-refractivity contribution in [2.45, 2.75) is 99.2 Å². The highest BCUT2D eigenvalue weighted by Gasteiger charge is 2.56. The maximum atomic E-state index is 11.7. The van der Waals surface area contributed by atoms with E-state index in [1.54, 1.807) is 0 Å². The van der Waals surface area contributed by atoms with Crippen LogP contribution in [0.15, 0.2) is 0 Å². The third-order valence-electron chi connectivity index (χ3n) is 6.72. The van der Waals surface area contributed by atoms with Crippen LogP contribution >= 0.6 is 0 Å². The molecule has 0 radical (unpaired) electrons. The molecule has 2 aliphatic heterocycles. The van der Waals surface area contributed by atoms with Gasteiger partial charge in [0, 0.05) is 26.7 Å². The van der Waals surface area contributed by atoms with Crippen molar-refractivity contribution >= 4 is 23.8 Å². The van der Waals surface area contributed by atoms with E-state index < -0.39 is 122 Å². The summed E-state index contributed by atoms with van der Waals surface area (Å²) in [5.41, 5.74) is 0. The summed E-state index contributed by atoms with van der Waals surface area (Å²) in [7, 11) is 0. The predicted octanol–water partition coefficient (Wildman–Crippen LogP) is -6.70. The first-order valence-electron chi connectivity index (χ1n) is 12.3. The maximum absolute atomic E-state index is 11.7. The molecule has 12 atom stereocenters. The maximum Gasteiger partial charge on any atom is 0.364 e. The summed E-state index contributed by atoms with van der Waals surface area (Å²) in [4.78, 5) is 46.4. The lowest BCUT2D eigenvalue weighted by atomic mass is 9.87. The van der Waals surface area contributed by atoms with E-state index in [-0.39, 0.29) is 0 Å². The number of aliphatic hydroxyl groups excluding tert-OH is 6. The van der Waals surface area contributed by atoms with Gasteiger partial charge in [0.05, 0.1) is 37.5 Å². The molecule has 2 rings (SSSR count). The van der Waals surface area contributed by atoms with Crippen LogP contribution in [0.2, 0.25) is 0 Å². The van der Waals surface area contributed by atoms with Gasteiger partial charge in [0.15, 0.2) is 0 Å². The van der Waals surface area contributed by atoms with Gasteiger partial charge < -0.3 is 75.9 Å². The molecule has 12 N–H and O–H groups in total. The predicted molar refractivity (Wildman–Crippen MR) is 126 cm³/mol. The zero-order chi connectivity index (χ0) is 31.4. The third-order valence-corrected chi connectivity index (χ3v) is 6.72. The van der Waals surface area contributed by atoms with Crippen LogP contribution in [-0.2, 0) is 33.4 Å². The smallest absolute Gasteiger partial charge is 0.364 e.